The van der Waals surface area contributed by atoms with Crippen molar-refractivity contribution in [3.63, 3.8) is 0 Å². The predicted molar refractivity (Wildman–Crippen MR) is 190 cm³/mol. The van der Waals surface area contributed by atoms with Crippen LogP contribution < -0.4 is 26.4 Å². The van der Waals surface area contributed by atoms with Crippen LogP contribution in [0.1, 0.15) is 44.9 Å². The molecular formula is C35H39F4N5O8S. The van der Waals surface area contributed by atoms with Crippen LogP contribution in [-0.2, 0) is 30.7 Å². The highest BCUT2D eigenvalue weighted by molar-refractivity contribution is 7.91. The van der Waals surface area contributed by atoms with Gasteiger partial charge in [0, 0.05) is 35.1 Å². The Morgan fingerprint density at radius 1 is 0.981 bits per heavy atom. The van der Waals surface area contributed by atoms with E-state index in [1.165, 1.54) is 43.3 Å². The molecule has 286 valence electrons. The molecule has 4 aromatic rings. The summed E-state index contributed by atoms with van der Waals surface area (Å²) in [6, 6.07) is 14.1. The molecule has 1 atom stereocenters. The summed E-state index contributed by atoms with van der Waals surface area (Å²) >= 11 is 0. The van der Waals surface area contributed by atoms with E-state index < -0.39 is 45.8 Å². The molecule has 53 heavy (non-hydrogen) atoms. The average Bonchev–Trinajstić information content (AvgIpc) is 3.09. The molecule has 3 aromatic carbocycles. The number of carbonyl (C=O) groups is 3. The Hall–Kier alpha value is -5.65. The summed E-state index contributed by atoms with van der Waals surface area (Å²) in [6.07, 6.45) is -4.22. The van der Waals surface area contributed by atoms with E-state index in [0.717, 1.165) is 5.39 Å². The summed E-state index contributed by atoms with van der Waals surface area (Å²) in [4.78, 5) is 39.1. The lowest BCUT2D eigenvalue weighted by atomic mass is 10.0. The molecule has 0 saturated carbocycles. The Labute approximate surface area is 302 Å². The number of carboxylic acid groups (broad SMARTS) is 1. The third kappa shape index (κ3) is 11.9. The summed E-state index contributed by atoms with van der Waals surface area (Å²) in [6.45, 7) is 7.38. The van der Waals surface area contributed by atoms with Gasteiger partial charge < -0.3 is 30.9 Å². The Morgan fingerprint density at radius 3 is 2.28 bits per heavy atom. The second-order valence-electron chi connectivity index (χ2n) is 11.7. The highest BCUT2D eigenvalue weighted by atomic mass is 32.2. The molecule has 0 aliphatic heterocycles. The molecule has 0 aliphatic carbocycles. The number of anilines is 3. The molecule has 0 saturated heterocycles. The second kappa shape index (κ2) is 18.2. The van der Waals surface area contributed by atoms with Crippen molar-refractivity contribution in [1.29, 1.82) is 0 Å². The highest BCUT2D eigenvalue weighted by Crippen LogP contribution is 2.30. The van der Waals surface area contributed by atoms with Crippen LogP contribution >= 0.6 is 0 Å². The lowest BCUT2D eigenvalue weighted by Crippen LogP contribution is -2.34. The number of pyridine rings is 1. The van der Waals surface area contributed by atoms with Crippen molar-refractivity contribution >= 4 is 55.8 Å². The van der Waals surface area contributed by atoms with Crippen LogP contribution in [0.25, 0.3) is 10.8 Å². The predicted octanol–water partition coefficient (Wildman–Crippen LogP) is 6.46. The molecule has 1 heterocycles. The molecule has 0 radical (unpaired) electrons. The lowest BCUT2D eigenvalue weighted by molar-refractivity contribution is -0.192. The van der Waals surface area contributed by atoms with Crippen molar-refractivity contribution in [1.82, 2.24) is 10.3 Å². The summed E-state index contributed by atoms with van der Waals surface area (Å²) in [5.41, 5.74) is 7.02. The van der Waals surface area contributed by atoms with Gasteiger partial charge in [-0.2, -0.15) is 13.2 Å². The normalized spacial score (nSPS) is 11.9. The minimum absolute atomic E-state index is 0.00819. The topological polar surface area (TPSA) is 199 Å². The van der Waals surface area contributed by atoms with Gasteiger partial charge in [0.1, 0.15) is 23.4 Å². The van der Waals surface area contributed by atoms with E-state index in [1.807, 2.05) is 13.8 Å². The molecule has 0 bridgehead atoms. The van der Waals surface area contributed by atoms with E-state index in [0.29, 0.717) is 29.2 Å². The molecule has 13 nitrogen and oxygen atoms in total. The Kier molecular flexibility index (Phi) is 14.4. The first-order chi connectivity index (χ1) is 24.9. The number of fused-ring (bicyclic) bond motifs is 1. The summed E-state index contributed by atoms with van der Waals surface area (Å²) in [7, 11) is -3.71. The van der Waals surface area contributed by atoms with Gasteiger partial charge in [0.05, 0.1) is 23.9 Å². The van der Waals surface area contributed by atoms with Crippen molar-refractivity contribution in [3.8, 4) is 5.75 Å². The number of aliphatic carboxylic acids is 1. The smallest absolute Gasteiger partial charge is 0.490 e. The molecule has 1 unspecified atom stereocenters. The molecule has 4 rings (SSSR count). The fraction of sp³-hybridized carbons (Fsp3) is 0.314. The largest absolute Gasteiger partial charge is 0.494 e. The number of benzene rings is 3. The molecule has 0 aliphatic rings. The number of nitrogens with zero attached hydrogens (tertiary/aromatic N) is 1. The average molecular weight is 766 g/mol. The van der Waals surface area contributed by atoms with Crippen molar-refractivity contribution < 1.29 is 54.9 Å². The number of carboxylic acids is 1. The van der Waals surface area contributed by atoms with Crippen molar-refractivity contribution in [2.75, 3.05) is 35.3 Å². The number of sulfone groups is 1. The van der Waals surface area contributed by atoms with Crippen LogP contribution in [0, 0.1) is 11.7 Å². The number of hydrogen-bond acceptors (Lipinski definition) is 10. The number of carbonyl (C=O) groups excluding carboxylic acids is 2. The van der Waals surface area contributed by atoms with Gasteiger partial charge in [0.2, 0.25) is 5.91 Å². The summed E-state index contributed by atoms with van der Waals surface area (Å²) in [5.74, 6) is -3.39. The van der Waals surface area contributed by atoms with Gasteiger partial charge in [-0.1, -0.05) is 20.8 Å². The number of nitrogens with two attached hydrogens (primary N) is 1. The molecule has 0 fully saturated rings. The first-order valence-corrected chi connectivity index (χ1v) is 17.7. The van der Waals surface area contributed by atoms with Crippen LogP contribution in [0.4, 0.5) is 39.5 Å². The van der Waals surface area contributed by atoms with Gasteiger partial charge >= 0.3 is 18.2 Å². The number of nitrogens with one attached hydrogen (secondary N) is 3. The fourth-order valence-corrected chi connectivity index (χ4v) is 5.79. The Morgan fingerprint density at radius 2 is 1.66 bits per heavy atom. The SMILES string of the molecule is CCOc1ccc(F)c(C(Nc2ccc3c(N)nccc3c2)C(=O)NCc2cc(NC(=O)OCC(C)C)ccc2S(=O)(=O)CC)c1.O=C(O)C(F)(F)F. The number of aromatic nitrogens is 1. The lowest BCUT2D eigenvalue weighted by Gasteiger charge is -2.22. The first-order valence-electron chi connectivity index (χ1n) is 16.1. The number of halogens is 4. The minimum atomic E-state index is -5.08. The second-order valence-corrected chi connectivity index (χ2v) is 13.9. The van der Waals surface area contributed by atoms with Gasteiger partial charge in [-0.15, -0.1) is 0 Å². The zero-order valence-electron chi connectivity index (χ0n) is 29.1. The zero-order chi connectivity index (χ0) is 39.5. The molecule has 18 heteroatoms. The molecular weight excluding hydrogens is 726 g/mol. The summed E-state index contributed by atoms with van der Waals surface area (Å²) < 4.78 is 83.7. The van der Waals surface area contributed by atoms with Gasteiger partial charge in [-0.05, 0) is 84.5 Å². The molecule has 1 aromatic heterocycles. The van der Waals surface area contributed by atoms with E-state index in [2.05, 4.69) is 20.9 Å². The number of nitrogen functional groups attached to an aromatic ring is 1. The van der Waals surface area contributed by atoms with Gasteiger partial charge in [0.15, 0.2) is 9.84 Å². The minimum Gasteiger partial charge on any atom is -0.494 e. The number of rotatable bonds is 13. The van der Waals surface area contributed by atoms with Crippen LogP contribution in [0.15, 0.2) is 71.8 Å². The highest BCUT2D eigenvalue weighted by Gasteiger charge is 2.38. The van der Waals surface area contributed by atoms with Crippen LogP contribution in [0.2, 0.25) is 0 Å². The number of ether oxygens (including phenoxy) is 2. The number of hydrogen-bond donors (Lipinski definition) is 5. The van der Waals surface area contributed by atoms with E-state index in [-0.39, 0.29) is 46.5 Å². The van der Waals surface area contributed by atoms with Crippen molar-refractivity contribution in [3.05, 3.63) is 83.8 Å². The van der Waals surface area contributed by atoms with Gasteiger partial charge in [0.25, 0.3) is 0 Å². The monoisotopic (exact) mass is 765 g/mol. The molecule has 2 amide bonds. The van der Waals surface area contributed by atoms with Crippen molar-refractivity contribution in [2.24, 2.45) is 5.92 Å². The van der Waals surface area contributed by atoms with Crippen LogP contribution in [0.3, 0.4) is 0 Å². The standard InChI is InChI=1S/C33H38FN5O6S.C2HF3O2/c1-5-44-25-9-11-28(34)27(17-25)30(38-23-7-10-26-21(15-23)13-14-36-31(26)35)32(40)37-18-22-16-24(39-33(41)45-19-20(3)4)8-12-29(22)46(42,43)6-2;3-2(4,5)1(6)7/h7-17,20,30,38H,5-6,18-19H2,1-4H3,(H2,35,36)(H,37,40)(H,39,41);(H,6,7). The summed E-state index contributed by atoms with van der Waals surface area (Å²) in [5, 5.41) is 17.0. The number of amides is 2. The maximum atomic E-state index is 15.3. The first kappa shape index (κ1) is 41.8. The van der Waals surface area contributed by atoms with Crippen molar-refractivity contribution in [2.45, 2.75) is 51.4 Å². The van der Waals surface area contributed by atoms with Crippen LogP contribution in [-0.4, -0.2) is 61.6 Å². The Bertz CT molecular complexity index is 2040. The van der Waals surface area contributed by atoms with Gasteiger partial charge in [-0.25, -0.2) is 27.4 Å². The van der Waals surface area contributed by atoms with E-state index in [4.69, 9.17) is 25.1 Å². The van der Waals surface area contributed by atoms with E-state index in [1.54, 1.807) is 37.4 Å². The molecule has 0 spiro atoms. The maximum Gasteiger partial charge on any atom is 0.490 e. The van der Waals surface area contributed by atoms with E-state index in [9.17, 15) is 31.2 Å². The molecule has 6 N–H and O–H groups in total. The quantitative estimate of drug-likeness (QED) is 0.0937. The number of alkyl halides is 3. The van der Waals surface area contributed by atoms with E-state index >= 15 is 4.39 Å². The third-order valence-electron chi connectivity index (χ3n) is 7.22. The maximum absolute atomic E-state index is 15.3. The third-order valence-corrected chi connectivity index (χ3v) is 9.05. The fourth-order valence-electron chi connectivity index (χ4n) is 4.68. The van der Waals surface area contributed by atoms with Gasteiger partial charge in [-0.3, -0.25) is 10.1 Å². The zero-order valence-corrected chi connectivity index (χ0v) is 29.9. The Balaban J connectivity index is 0.000000980. The van der Waals surface area contributed by atoms with Crippen LogP contribution in [0.5, 0.6) is 5.75 Å².